The predicted molar refractivity (Wildman–Crippen MR) is 140 cm³/mol. The SMILES string of the molecule is CN=C(NCCCCN1C(=O)c2ccccc2C1=O)N1CCC(OCC2CCCC2)CC1.I. The summed E-state index contributed by atoms with van der Waals surface area (Å²) in [4.78, 5) is 33.0. The number of nitrogens with zero attached hydrogens (tertiary/aromatic N) is 3. The van der Waals surface area contributed by atoms with Gasteiger partial charge in [0.05, 0.1) is 17.2 Å². The summed E-state index contributed by atoms with van der Waals surface area (Å²) in [5.74, 6) is 1.36. The molecule has 182 valence electrons. The zero-order valence-electron chi connectivity index (χ0n) is 19.6. The largest absolute Gasteiger partial charge is 0.378 e. The third-order valence-corrected chi connectivity index (χ3v) is 6.97. The van der Waals surface area contributed by atoms with Crippen LogP contribution in [0.25, 0.3) is 0 Å². The van der Waals surface area contributed by atoms with Gasteiger partial charge in [-0.3, -0.25) is 19.5 Å². The minimum Gasteiger partial charge on any atom is -0.378 e. The van der Waals surface area contributed by atoms with Crippen LogP contribution in [0.5, 0.6) is 0 Å². The lowest BCUT2D eigenvalue weighted by molar-refractivity contribution is 0.00102. The molecule has 1 aromatic rings. The normalized spacial score (nSPS) is 19.7. The highest BCUT2D eigenvalue weighted by Crippen LogP contribution is 2.26. The third-order valence-electron chi connectivity index (χ3n) is 6.97. The van der Waals surface area contributed by atoms with Gasteiger partial charge in [0.25, 0.3) is 11.8 Å². The van der Waals surface area contributed by atoms with E-state index in [1.165, 1.54) is 30.6 Å². The number of unbranched alkanes of at least 4 members (excludes halogenated alkanes) is 1. The summed E-state index contributed by atoms with van der Waals surface area (Å²) < 4.78 is 6.18. The average molecular weight is 569 g/mol. The lowest BCUT2D eigenvalue weighted by Gasteiger charge is -2.34. The molecule has 1 aromatic carbocycles. The molecule has 0 bridgehead atoms. The standard InChI is InChI=1S/C25H36N4O3.HI/c1-26-25(28-16-12-20(13-17-28)32-18-19-8-2-3-9-19)27-14-6-7-15-29-23(30)21-10-4-5-11-22(21)24(29)31;/h4-5,10-11,19-20H,2-3,6-9,12-18H2,1H3,(H,26,27);1H. The van der Waals surface area contributed by atoms with Crippen molar-refractivity contribution >= 4 is 41.8 Å². The zero-order valence-corrected chi connectivity index (χ0v) is 22.0. The summed E-state index contributed by atoms with van der Waals surface area (Å²) in [5, 5.41) is 3.44. The van der Waals surface area contributed by atoms with E-state index in [1.54, 1.807) is 24.3 Å². The fourth-order valence-corrected chi connectivity index (χ4v) is 5.05. The summed E-state index contributed by atoms with van der Waals surface area (Å²) in [5.41, 5.74) is 1.04. The van der Waals surface area contributed by atoms with Crippen LogP contribution in [0.4, 0.5) is 0 Å². The molecule has 0 unspecified atom stereocenters. The molecule has 1 saturated heterocycles. The summed E-state index contributed by atoms with van der Waals surface area (Å²) in [7, 11) is 1.82. The van der Waals surface area contributed by atoms with E-state index in [9.17, 15) is 9.59 Å². The van der Waals surface area contributed by atoms with Gasteiger partial charge in [-0.15, -0.1) is 24.0 Å². The summed E-state index contributed by atoms with van der Waals surface area (Å²) in [6, 6.07) is 7.05. The van der Waals surface area contributed by atoms with E-state index in [4.69, 9.17) is 4.74 Å². The van der Waals surface area contributed by atoms with Crippen LogP contribution >= 0.6 is 24.0 Å². The quantitative estimate of drug-likeness (QED) is 0.169. The Bertz CT molecular complexity index is 798. The van der Waals surface area contributed by atoms with Gasteiger partial charge in [0, 0.05) is 39.8 Å². The number of piperidine rings is 1. The Morgan fingerprint density at radius 1 is 1.03 bits per heavy atom. The molecular formula is C25H37IN4O3. The number of aliphatic imine (C=N–C) groups is 1. The van der Waals surface area contributed by atoms with Crippen LogP contribution in [0.1, 0.15) is 72.1 Å². The van der Waals surface area contributed by atoms with Crippen molar-refractivity contribution in [2.24, 2.45) is 10.9 Å². The molecule has 0 atom stereocenters. The van der Waals surface area contributed by atoms with Crippen molar-refractivity contribution in [3.8, 4) is 0 Å². The number of rotatable bonds is 8. The van der Waals surface area contributed by atoms with Gasteiger partial charge in [-0.25, -0.2) is 0 Å². The number of hydrogen-bond acceptors (Lipinski definition) is 4. The van der Waals surface area contributed by atoms with Crippen molar-refractivity contribution in [1.82, 2.24) is 15.1 Å². The van der Waals surface area contributed by atoms with Crippen LogP contribution in [-0.4, -0.2) is 73.5 Å². The molecule has 2 fully saturated rings. The monoisotopic (exact) mass is 568 g/mol. The number of carbonyl (C=O) groups is 2. The van der Waals surface area contributed by atoms with Crippen molar-refractivity contribution in [2.75, 3.05) is 39.8 Å². The maximum atomic E-state index is 12.4. The Labute approximate surface area is 214 Å². The van der Waals surface area contributed by atoms with Gasteiger partial charge in [-0.2, -0.15) is 0 Å². The van der Waals surface area contributed by atoms with E-state index >= 15 is 0 Å². The van der Waals surface area contributed by atoms with Gasteiger partial charge in [-0.05, 0) is 56.6 Å². The highest BCUT2D eigenvalue weighted by molar-refractivity contribution is 14.0. The third kappa shape index (κ3) is 6.47. The van der Waals surface area contributed by atoms with Crippen LogP contribution in [0.2, 0.25) is 0 Å². The molecule has 2 aliphatic heterocycles. The zero-order chi connectivity index (χ0) is 22.3. The fourth-order valence-electron chi connectivity index (χ4n) is 5.05. The topological polar surface area (TPSA) is 74.2 Å². The minimum absolute atomic E-state index is 0. The molecule has 0 spiro atoms. The molecule has 1 aliphatic carbocycles. The van der Waals surface area contributed by atoms with E-state index in [2.05, 4.69) is 15.2 Å². The van der Waals surface area contributed by atoms with Gasteiger partial charge in [0.2, 0.25) is 0 Å². The number of nitrogens with one attached hydrogen (secondary N) is 1. The molecule has 33 heavy (non-hydrogen) atoms. The van der Waals surface area contributed by atoms with Crippen molar-refractivity contribution in [1.29, 1.82) is 0 Å². The number of likely N-dealkylation sites (tertiary alicyclic amines) is 1. The Morgan fingerprint density at radius 2 is 1.67 bits per heavy atom. The van der Waals surface area contributed by atoms with E-state index in [1.807, 2.05) is 7.05 Å². The Balaban J connectivity index is 0.00000306. The number of imide groups is 1. The molecule has 1 N–H and O–H groups in total. The van der Waals surface area contributed by atoms with Gasteiger partial charge >= 0.3 is 0 Å². The molecule has 4 rings (SSSR count). The van der Waals surface area contributed by atoms with Crippen molar-refractivity contribution < 1.29 is 14.3 Å². The highest BCUT2D eigenvalue weighted by atomic mass is 127. The maximum absolute atomic E-state index is 12.4. The second-order valence-electron chi connectivity index (χ2n) is 9.16. The van der Waals surface area contributed by atoms with E-state index in [-0.39, 0.29) is 35.8 Å². The van der Waals surface area contributed by atoms with E-state index < -0.39 is 0 Å². The smallest absolute Gasteiger partial charge is 0.261 e. The van der Waals surface area contributed by atoms with Crippen molar-refractivity contribution in [3.05, 3.63) is 35.4 Å². The van der Waals surface area contributed by atoms with Crippen molar-refractivity contribution in [3.63, 3.8) is 0 Å². The number of benzene rings is 1. The first kappa shape index (κ1) is 25.9. The molecule has 2 heterocycles. The number of halogens is 1. The summed E-state index contributed by atoms with van der Waals surface area (Å²) in [6.07, 6.45) is 9.52. The second-order valence-corrected chi connectivity index (χ2v) is 9.16. The second kappa shape index (κ2) is 12.7. The first-order valence-electron chi connectivity index (χ1n) is 12.2. The Kier molecular flexibility index (Phi) is 9.97. The first-order chi connectivity index (χ1) is 15.7. The number of carbonyl (C=O) groups excluding carboxylic acids is 2. The molecular weight excluding hydrogens is 531 g/mol. The fraction of sp³-hybridized carbons (Fsp3) is 0.640. The minimum atomic E-state index is -0.174. The predicted octanol–water partition coefficient (Wildman–Crippen LogP) is 3.93. The Hall–Kier alpha value is -1.68. The number of guanidine groups is 1. The van der Waals surface area contributed by atoms with E-state index in [0.717, 1.165) is 63.8 Å². The maximum Gasteiger partial charge on any atom is 0.261 e. The molecule has 8 heteroatoms. The van der Waals surface area contributed by atoms with Crippen LogP contribution in [-0.2, 0) is 4.74 Å². The molecule has 0 radical (unpaired) electrons. The molecule has 0 aromatic heterocycles. The number of ether oxygens (including phenoxy) is 1. The number of amides is 2. The highest BCUT2D eigenvalue weighted by Gasteiger charge is 2.34. The van der Waals surface area contributed by atoms with Crippen LogP contribution in [0.15, 0.2) is 29.3 Å². The van der Waals surface area contributed by atoms with Crippen molar-refractivity contribution in [2.45, 2.75) is 57.5 Å². The lowest BCUT2D eigenvalue weighted by atomic mass is 10.1. The number of fused-ring (bicyclic) bond motifs is 1. The molecule has 2 amide bonds. The van der Waals surface area contributed by atoms with Crippen LogP contribution < -0.4 is 5.32 Å². The average Bonchev–Trinajstić information content (AvgIpc) is 3.43. The van der Waals surface area contributed by atoms with Gasteiger partial charge in [0.1, 0.15) is 0 Å². The summed E-state index contributed by atoms with van der Waals surface area (Å²) in [6.45, 7) is 4.09. The summed E-state index contributed by atoms with van der Waals surface area (Å²) >= 11 is 0. The first-order valence-corrected chi connectivity index (χ1v) is 12.2. The molecule has 1 saturated carbocycles. The lowest BCUT2D eigenvalue weighted by Crippen LogP contribution is -2.47. The van der Waals surface area contributed by atoms with Crippen LogP contribution in [0.3, 0.4) is 0 Å². The Morgan fingerprint density at radius 3 is 2.27 bits per heavy atom. The van der Waals surface area contributed by atoms with Gasteiger partial charge in [-0.1, -0.05) is 25.0 Å². The van der Waals surface area contributed by atoms with Gasteiger partial charge < -0.3 is 15.0 Å². The van der Waals surface area contributed by atoms with E-state index in [0.29, 0.717) is 23.8 Å². The number of hydrogen-bond donors (Lipinski definition) is 1. The molecule has 7 nitrogen and oxygen atoms in total. The van der Waals surface area contributed by atoms with Crippen LogP contribution in [0, 0.1) is 5.92 Å². The van der Waals surface area contributed by atoms with Gasteiger partial charge in [0.15, 0.2) is 5.96 Å². The molecule has 3 aliphatic rings.